The first kappa shape index (κ1) is 16.5. The molecular formula is C14H22N2O3S. The van der Waals surface area contributed by atoms with E-state index in [1.165, 1.54) is 21.7 Å². The van der Waals surface area contributed by atoms with Crippen LogP contribution in [0.1, 0.15) is 30.0 Å². The zero-order valence-electron chi connectivity index (χ0n) is 12.3. The van der Waals surface area contributed by atoms with Crippen LogP contribution in [0.2, 0.25) is 0 Å². The number of carboxylic acid groups (broad SMARTS) is 1. The summed E-state index contributed by atoms with van der Waals surface area (Å²) < 4.78 is 0. The van der Waals surface area contributed by atoms with E-state index in [0.29, 0.717) is 6.42 Å². The lowest BCUT2D eigenvalue weighted by molar-refractivity contribution is -0.141. The van der Waals surface area contributed by atoms with Crippen molar-refractivity contribution in [3.63, 3.8) is 0 Å². The van der Waals surface area contributed by atoms with E-state index >= 15 is 0 Å². The molecule has 112 valence electrons. The first-order chi connectivity index (χ1) is 9.35. The van der Waals surface area contributed by atoms with Gasteiger partial charge in [-0.25, -0.2) is 9.59 Å². The second-order valence-corrected chi connectivity index (χ2v) is 6.31. The van der Waals surface area contributed by atoms with Crippen molar-refractivity contribution in [3.05, 3.63) is 21.9 Å². The predicted octanol–water partition coefficient (Wildman–Crippen LogP) is 2.49. The number of rotatable bonds is 6. The van der Waals surface area contributed by atoms with Crippen molar-refractivity contribution >= 4 is 23.3 Å². The molecule has 0 aliphatic carbocycles. The normalized spacial score (nSPS) is 13.6. The molecule has 0 aromatic carbocycles. The van der Waals surface area contributed by atoms with Gasteiger partial charge in [-0.1, -0.05) is 6.92 Å². The lowest BCUT2D eigenvalue weighted by Gasteiger charge is -2.25. The van der Waals surface area contributed by atoms with Crippen LogP contribution in [0, 0.1) is 6.92 Å². The molecule has 0 fully saturated rings. The molecule has 2 unspecified atom stereocenters. The smallest absolute Gasteiger partial charge is 0.326 e. The summed E-state index contributed by atoms with van der Waals surface area (Å²) in [5.41, 5.74) is 0. The minimum Gasteiger partial charge on any atom is -0.480 e. The number of hydrogen-bond acceptors (Lipinski definition) is 3. The Hall–Kier alpha value is -1.56. The van der Waals surface area contributed by atoms with Gasteiger partial charge in [0.25, 0.3) is 0 Å². The molecule has 0 saturated heterocycles. The van der Waals surface area contributed by atoms with E-state index in [1.54, 1.807) is 18.3 Å². The van der Waals surface area contributed by atoms with Gasteiger partial charge < -0.3 is 15.3 Å². The zero-order chi connectivity index (χ0) is 15.3. The molecule has 1 aromatic heterocycles. The molecule has 1 rings (SSSR count). The van der Waals surface area contributed by atoms with E-state index in [9.17, 15) is 9.59 Å². The summed E-state index contributed by atoms with van der Waals surface area (Å²) in [5.74, 6) is -0.980. The van der Waals surface area contributed by atoms with Crippen LogP contribution in [0.25, 0.3) is 0 Å². The molecule has 20 heavy (non-hydrogen) atoms. The van der Waals surface area contributed by atoms with E-state index in [0.717, 1.165) is 6.42 Å². The third kappa shape index (κ3) is 4.52. The maximum atomic E-state index is 12.0. The minimum absolute atomic E-state index is 0.0331. The fraction of sp³-hybridized carbons (Fsp3) is 0.571. The summed E-state index contributed by atoms with van der Waals surface area (Å²) in [6.07, 6.45) is 1.14. The number of nitrogens with one attached hydrogen (secondary N) is 1. The molecule has 6 heteroatoms. The van der Waals surface area contributed by atoms with E-state index in [1.807, 2.05) is 13.8 Å². The van der Waals surface area contributed by atoms with Gasteiger partial charge in [0.05, 0.1) is 0 Å². The number of likely N-dealkylation sites (N-methyl/N-ethyl adjacent to an activating group) is 1. The van der Waals surface area contributed by atoms with Crippen molar-refractivity contribution in [2.45, 2.75) is 45.7 Å². The van der Waals surface area contributed by atoms with E-state index < -0.39 is 12.0 Å². The van der Waals surface area contributed by atoms with Crippen molar-refractivity contribution in [1.82, 2.24) is 10.2 Å². The Bertz CT molecular complexity index is 473. The highest BCUT2D eigenvalue weighted by molar-refractivity contribution is 7.11. The Labute approximate surface area is 123 Å². The molecule has 2 N–H and O–H groups in total. The van der Waals surface area contributed by atoms with Crippen molar-refractivity contribution in [1.29, 1.82) is 0 Å². The summed E-state index contributed by atoms with van der Waals surface area (Å²) in [7, 11) is 1.51. The number of nitrogens with zero attached hydrogens (tertiary/aromatic N) is 1. The van der Waals surface area contributed by atoms with Crippen LogP contribution < -0.4 is 5.32 Å². The van der Waals surface area contributed by atoms with Crippen LogP contribution in [0.4, 0.5) is 4.79 Å². The number of thiophene rings is 1. The Morgan fingerprint density at radius 2 is 2.10 bits per heavy atom. The monoisotopic (exact) mass is 298 g/mol. The number of hydrogen-bond donors (Lipinski definition) is 2. The topological polar surface area (TPSA) is 69.6 Å². The Morgan fingerprint density at radius 3 is 2.55 bits per heavy atom. The quantitative estimate of drug-likeness (QED) is 0.847. The summed E-state index contributed by atoms with van der Waals surface area (Å²) in [5, 5.41) is 11.9. The second-order valence-electron chi connectivity index (χ2n) is 4.94. The van der Waals surface area contributed by atoms with Gasteiger partial charge in [-0.05, 0) is 32.4 Å². The fourth-order valence-corrected chi connectivity index (χ4v) is 3.03. The van der Waals surface area contributed by atoms with Gasteiger partial charge in [0.15, 0.2) is 0 Å². The lowest BCUT2D eigenvalue weighted by atomic mass is 10.2. The summed E-state index contributed by atoms with van der Waals surface area (Å²) in [6.45, 7) is 5.72. The minimum atomic E-state index is -0.980. The highest BCUT2D eigenvalue weighted by atomic mass is 32.1. The van der Waals surface area contributed by atoms with Crippen LogP contribution in [0.3, 0.4) is 0 Å². The number of urea groups is 1. The van der Waals surface area contributed by atoms with Gasteiger partial charge >= 0.3 is 12.0 Å². The SMILES string of the molecule is CCC(C(=O)O)N(C)C(=O)NC(C)Cc1ccc(C)s1. The van der Waals surface area contributed by atoms with Gasteiger partial charge in [-0.15, -0.1) is 11.3 Å². The largest absolute Gasteiger partial charge is 0.480 e. The maximum Gasteiger partial charge on any atom is 0.326 e. The third-order valence-electron chi connectivity index (χ3n) is 3.13. The van der Waals surface area contributed by atoms with Gasteiger partial charge in [0, 0.05) is 29.3 Å². The van der Waals surface area contributed by atoms with Crippen LogP contribution in [0.15, 0.2) is 12.1 Å². The Morgan fingerprint density at radius 1 is 1.45 bits per heavy atom. The highest BCUT2D eigenvalue weighted by Crippen LogP contribution is 2.16. The van der Waals surface area contributed by atoms with Crippen LogP contribution in [0.5, 0.6) is 0 Å². The molecule has 2 atom stereocenters. The average molecular weight is 298 g/mol. The summed E-state index contributed by atoms with van der Waals surface area (Å²) in [6, 6.07) is 2.94. The fourth-order valence-electron chi connectivity index (χ4n) is 2.02. The summed E-state index contributed by atoms with van der Waals surface area (Å²) >= 11 is 1.71. The standard InChI is InChI=1S/C14H22N2O3S/c1-5-12(13(17)18)16(4)14(19)15-9(2)8-11-7-6-10(3)20-11/h6-7,9,12H,5,8H2,1-4H3,(H,15,19)(H,17,18). The molecule has 0 aliphatic rings. The predicted molar refractivity (Wildman–Crippen MR) is 80.2 cm³/mol. The molecule has 1 aromatic rings. The number of carbonyl (C=O) groups is 2. The van der Waals surface area contributed by atoms with Gasteiger partial charge in [-0.2, -0.15) is 0 Å². The van der Waals surface area contributed by atoms with Gasteiger partial charge in [0.1, 0.15) is 6.04 Å². The second kappa shape index (κ2) is 7.28. The molecule has 0 aliphatic heterocycles. The Balaban J connectivity index is 2.54. The van der Waals surface area contributed by atoms with Crippen molar-refractivity contribution in [3.8, 4) is 0 Å². The van der Waals surface area contributed by atoms with E-state index in [4.69, 9.17) is 5.11 Å². The maximum absolute atomic E-state index is 12.0. The molecule has 0 saturated carbocycles. The van der Waals surface area contributed by atoms with Crippen molar-refractivity contribution in [2.24, 2.45) is 0 Å². The number of carboxylic acids is 1. The van der Waals surface area contributed by atoms with Crippen LogP contribution in [-0.2, 0) is 11.2 Å². The average Bonchev–Trinajstić information content (AvgIpc) is 2.74. The highest BCUT2D eigenvalue weighted by Gasteiger charge is 2.25. The molecule has 2 amide bonds. The first-order valence-corrected chi connectivity index (χ1v) is 7.48. The molecular weight excluding hydrogens is 276 g/mol. The number of carbonyl (C=O) groups excluding carboxylic acids is 1. The van der Waals surface area contributed by atoms with Crippen LogP contribution >= 0.6 is 11.3 Å². The van der Waals surface area contributed by atoms with E-state index in [2.05, 4.69) is 17.4 Å². The summed E-state index contributed by atoms with van der Waals surface area (Å²) in [4.78, 5) is 26.7. The number of aryl methyl sites for hydroxylation is 1. The van der Waals surface area contributed by atoms with Crippen molar-refractivity contribution < 1.29 is 14.7 Å². The molecule has 0 radical (unpaired) electrons. The molecule has 1 heterocycles. The van der Waals surface area contributed by atoms with Crippen molar-refractivity contribution in [2.75, 3.05) is 7.05 Å². The molecule has 5 nitrogen and oxygen atoms in total. The number of aliphatic carboxylic acids is 1. The number of amides is 2. The van der Waals surface area contributed by atoms with Crippen LogP contribution in [-0.4, -0.2) is 41.1 Å². The molecule has 0 spiro atoms. The lowest BCUT2D eigenvalue weighted by Crippen LogP contribution is -2.49. The first-order valence-electron chi connectivity index (χ1n) is 6.66. The third-order valence-corrected chi connectivity index (χ3v) is 4.16. The van der Waals surface area contributed by atoms with E-state index in [-0.39, 0.29) is 12.1 Å². The van der Waals surface area contributed by atoms with Gasteiger partial charge in [-0.3, -0.25) is 0 Å². The molecule has 0 bridgehead atoms. The zero-order valence-corrected chi connectivity index (χ0v) is 13.2. The Kier molecular flexibility index (Phi) is 6.01. The van der Waals surface area contributed by atoms with Gasteiger partial charge in [0.2, 0.25) is 0 Å².